The highest BCUT2D eigenvalue weighted by atomic mass is 16.1. The van der Waals surface area contributed by atoms with Crippen molar-refractivity contribution in [2.45, 2.75) is 18.9 Å². The van der Waals surface area contributed by atoms with Gasteiger partial charge >= 0.3 is 0 Å². The third-order valence-corrected chi connectivity index (χ3v) is 2.30. The van der Waals surface area contributed by atoms with Gasteiger partial charge in [0, 0.05) is 30.4 Å². The average molecular weight is 203 g/mol. The summed E-state index contributed by atoms with van der Waals surface area (Å²) in [6.07, 6.45) is 11.8. The summed E-state index contributed by atoms with van der Waals surface area (Å²) in [5, 5.41) is 3.19. The van der Waals surface area contributed by atoms with Crippen molar-refractivity contribution in [2.24, 2.45) is 0 Å². The fourth-order valence-corrected chi connectivity index (χ4v) is 1.56. The second-order valence-electron chi connectivity index (χ2n) is 3.49. The number of rotatable bonds is 5. The van der Waals surface area contributed by atoms with Gasteiger partial charge in [-0.25, -0.2) is 4.98 Å². The van der Waals surface area contributed by atoms with Gasteiger partial charge < -0.3 is 15.1 Å². The van der Waals surface area contributed by atoms with Gasteiger partial charge in [-0.1, -0.05) is 12.2 Å². The van der Waals surface area contributed by atoms with Crippen LogP contribution in [-0.4, -0.2) is 22.3 Å². The van der Waals surface area contributed by atoms with Crippen LogP contribution < -0.4 is 5.32 Å². The summed E-state index contributed by atoms with van der Waals surface area (Å²) in [4.78, 5) is 17.8. The number of hydrogen-bond acceptors (Lipinski definition) is 3. The molecule has 1 atom stereocenters. The van der Waals surface area contributed by atoms with Crippen LogP contribution in [-0.2, 0) is 11.2 Å². The van der Waals surface area contributed by atoms with E-state index in [0.29, 0.717) is 6.42 Å². The molecule has 1 aromatic rings. The topological polar surface area (TPSA) is 57.8 Å². The van der Waals surface area contributed by atoms with Gasteiger partial charge in [0.2, 0.25) is 0 Å². The van der Waals surface area contributed by atoms with E-state index in [4.69, 9.17) is 0 Å². The fourth-order valence-electron chi connectivity index (χ4n) is 1.56. The Morgan fingerprint density at radius 2 is 2.60 bits per heavy atom. The summed E-state index contributed by atoms with van der Waals surface area (Å²) in [6.45, 7) is 0. The molecule has 0 amide bonds. The molecule has 2 rings (SSSR count). The fraction of sp³-hybridized carbons (Fsp3) is 0.273. The molecule has 0 fully saturated rings. The first kappa shape index (κ1) is 9.71. The number of allylic oxidation sites excluding steroid dienone is 3. The largest absolute Gasteiger partial charge is 0.378 e. The van der Waals surface area contributed by atoms with Crippen LogP contribution in [0.25, 0.3) is 0 Å². The van der Waals surface area contributed by atoms with Gasteiger partial charge in [0.05, 0.1) is 12.4 Å². The number of carbonyl (C=O) groups is 1. The molecule has 0 aliphatic heterocycles. The van der Waals surface area contributed by atoms with Gasteiger partial charge in [0.15, 0.2) is 0 Å². The minimum atomic E-state index is -0.184. The molecule has 0 spiro atoms. The second-order valence-corrected chi connectivity index (χ2v) is 3.49. The SMILES string of the molecule is O=C[C@H](Cc1cnc[nH]1)NC1=CC=CC1. The number of nitrogens with zero attached hydrogens (tertiary/aromatic N) is 1. The number of carbonyl (C=O) groups excluding carboxylic acids is 1. The third kappa shape index (κ3) is 2.56. The van der Waals surface area contributed by atoms with Gasteiger partial charge in [0.1, 0.15) is 6.29 Å². The van der Waals surface area contributed by atoms with Crippen LogP contribution in [0.1, 0.15) is 12.1 Å². The zero-order valence-electron chi connectivity index (χ0n) is 8.31. The van der Waals surface area contributed by atoms with Crippen molar-refractivity contribution in [1.82, 2.24) is 15.3 Å². The Balaban J connectivity index is 1.90. The lowest BCUT2D eigenvalue weighted by Crippen LogP contribution is -2.31. The molecular formula is C11H13N3O. The number of hydrogen-bond donors (Lipinski definition) is 2. The number of nitrogens with one attached hydrogen (secondary N) is 2. The number of aromatic nitrogens is 2. The molecule has 0 radical (unpaired) electrons. The highest BCUT2D eigenvalue weighted by Gasteiger charge is 2.10. The van der Waals surface area contributed by atoms with Gasteiger partial charge in [0.25, 0.3) is 0 Å². The third-order valence-electron chi connectivity index (χ3n) is 2.30. The maximum Gasteiger partial charge on any atom is 0.142 e. The van der Waals surface area contributed by atoms with Crippen LogP contribution in [0, 0.1) is 0 Å². The van der Waals surface area contributed by atoms with Crippen molar-refractivity contribution in [3.05, 3.63) is 42.1 Å². The summed E-state index contributed by atoms with van der Waals surface area (Å²) in [5.41, 5.74) is 2.05. The smallest absolute Gasteiger partial charge is 0.142 e. The van der Waals surface area contributed by atoms with Gasteiger partial charge in [-0.3, -0.25) is 0 Å². The molecule has 0 aromatic carbocycles. The van der Waals surface area contributed by atoms with Crippen molar-refractivity contribution in [3.8, 4) is 0 Å². The van der Waals surface area contributed by atoms with E-state index in [1.807, 2.05) is 12.2 Å². The van der Waals surface area contributed by atoms with Crippen molar-refractivity contribution in [3.63, 3.8) is 0 Å². The molecule has 1 aliphatic carbocycles. The van der Waals surface area contributed by atoms with E-state index >= 15 is 0 Å². The molecule has 0 saturated heterocycles. The molecule has 0 bridgehead atoms. The first-order valence-corrected chi connectivity index (χ1v) is 4.93. The first-order chi connectivity index (χ1) is 7.38. The Labute approximate surface area is 88.1 Å². The first-order valence-electron chi connectivity index (χ1n) is 4.93. The van der Waals surface area contributed by atoms with Gasteiger partial charge in [-0.2, -0.15) is 0 Å². The highest BCUT2D eigenvalue weighted by molar-refractivity contribution is 5.59. The minimum Gasteiger partial charge on any atom is -0.378 e. The lowest BCUT2D eigenvalue weighted by molar-refractivity contribution is -0.109. The van der Waals surface area contributed by atoms with Crippen LogP contribution in [0.4, 0.5) is 0 Å². The summed E-state index contributed by atoms with van der Waals surface area (Å²) >= 11 is 0. The van der Waals surface area contributed by atoms with E-state index < -0.39 is 0 Å². The lowest BCUT2D eigenvalue weighted by Gasteiger charge is -2.13. The Kier molecular flexibility index (Phi) is 2.97. The highest BCUT2D eigenvalue weighted by Crippen LogP contribution is 2.08. The summed E-state index contributed by atoms with van der Waals surface area (Å²) in [6, 6.07) is -0.184. The zero-order valence-corrected chi connectivity index (χ0v) is 8.31. The maximum atomic E-state index is 10.9. The number of imidazole rings is 1. The normalized spacial score (nSPS) is 16.1. The summed E-state index contributed by atoms with van der Waals surface area (Å²) in [5.74, 6) is 0. The molecule has 1 aromatic heterocycles. The predicted octanol–water partition coefficient (Wildman–Crippen LogP) is 0.953. The predicted molar refractivity (Wildman–Crippen MR) is 57.1 cm³/mol. The summed E-state index contributed by atoms with van der Waals surface area (Å²) < 4.78 is 0. The van der Waals surface area contributed by atoms with Crippen LogP contribution in [0.3, 0.4) is 0 Å². The average Bonchev–Trinajstić information content (AvgIpc) is 2.89. The molecule has 0 unspecified atom stereocenters. The van der Waals surface area contributed by atoms with Crippen LogP contribution >= 0.6 is 0 Å². The summed E-state index contributed by atoms with van der Waals surface area (Å²) in [7, 11) is 0. The van der Waals surface area contributed by atoms with E-state index in [9.17, 15) is 4.79 Å². The molecule has 15 heavy (non-hydrogen) atoms. The molecular weight excluding hydrogens is 190 g/mol. The van der Waals surface area contributed by atoms with Gasteiger partial charge in [-0.15, -0.1) is 0 Å². The van der Waals surface area contributed by atoms with E-state index in [-0.39, 0.29) is 6.04 Å². The molecule has 78 valence electrons. The molecule has 2 N–H and O–H groups in total. The van der Waals surface area contributed by atoms with Crippen molar-refractivity contribution in [1.29, 1.82) is 0 Å². The Bertz CT molecular complexity index is 379. The van der Waals surface area contributed by atoms with Crippen molar-refractivity contribution < 1.29 is 4.79 Å². The molecule has 1 heterocycles. The molecule has 1 aliphatic rings. The van der Waals surface area contributed by atoms with E-state index in [2.05, 4.69) is 21.4 Å². The standard InChI is InChI=1S/C11H13N3O/c15-7-11(5-10-6-12-8-13-10)14-9-3-1-2-4-9/h1-3,6-8,11,14H,4-5H2,(H,12,13)/t11-/m0/s1. The number of aldehydes is 1. The quantitative estimate of drug-likeness (QED) is 0.700. The Hall–Kier alpha value is -1.84. The van der Waals surface area contributed by atoms with Crippen LogP contribution in [0.2, 0.25) is 0 Å². The number of aromatic amines is 1. The van der Waals surface area contributed by atoms with Crippen molar-refractivity contribution >= 4 is 6.29 Å². The minimum absolute atomic E-state index is 0.184. The van der Waals surface area contributed by atoms with Crippen molar-refractivity contribution in [2.75, 3.05) is 0 Å². The Morgan fingerprint density at radius 1 is 1.67 bits per heavy atom. The Morgan fingerprint density at radius 3 is 3.20 bits per heavy atom. The zero-order chi connectivity index (χ0) is 10.5. The second kappa shape index (κ2) is 4.59. The van der Waals surface area contributed by atoms with Crippen LogP contribution in [0.15, 0.2) is 36.4 Å². The lowest BCUT2D eigenvalue weighted by atomic mass is 10.2. The van der Waals surface area contributed by atoms with Gasteiger partial charge in [-0.05, 0) is 6.08 Å². The molecule has 0 saturated carbocycles. The number of H-pyrrole nitrogens is 1. The maximum absolute atomic E-state index is 10.9. The van der Waals surface area contributed by atoms with Crippen LogP contribution in [0.5, 0.6) is 0 Å². The van der Waals surface area contributed by atoms with E-state index in [1.165, 1.54) is 0 Å². The monoisotopic (exact) mass is 203 g/mol. The van der Waals surface area contributed by atoms with E-state index in [1.54, 1.807) is 12.5 Å². The molecule has 4 nitrogen and oxygen atoms in total. The molecule has 4 heteroatoms. The van der Waals surface area contributed by atoms with E-state index in [0.717, 1.165) is 24.1 Å².